The Morgan fingerprint density at radius 2 is 1.92 bits per heavy atom. The highest BCUT2D eigenvalue weighted by Crippen LogP contribution is 2.26. The standard InChI is InChI=1S/C10H22N2O/c1-12(2)9-6-10(13-3)4-7-11-8-5-10/h11H,4-9H2,1-3H3. The van der Waals surface area contributed by atoms with E-state index in [0.29, 0.717) is 0 Å². The van der Waals surface area contributed by atoms with E-state index < -0.39 is 0 Å². The van der Waals surface area contributed by atoms with Gasteiger partial charge in [-0.2, -0.15) is 0 Å². The van der Waals surface area contributed by atoms with Crippen LogP contribution in [0.4, 0.5) is 0 Å². The topological polar surface area (TPSA) is 24.5 Å². The number of hydrogen-bond acceptors (Lipinski definition) is 3. The van der Waals surface area contributed by atoms with E-state index in [9.17, 15) is 0 Å². The highest BCUT2D eigenvalue weighted by Gasteiger charge is 2.31. The van der Waals surface area contributed by atoms with Gasteiger partial charge in [0, 0.05) is 13.7 Å². The Kier molecular flexibility index (Phi) is 4.16. The predicted octanol–water partition coefficient (Wildman–Crippen LogP) is 0.707. The molecular weight excluding hydrogens is 164 g/mol. The Labute approximate surface area is 81.4 Å². The summed E-state index contributed by atoms with van der Waals surface area (Å²) in [4.78, 5) is 2.23. The zero-order valence-electron chi connectivity index (χ0n) is 9.10. The van der Waals surface area contributed by atoms with Gasteiger partial charge in [-0.25, -0.2) is 0 Å². The largest absolute Gasteiger partial charge is 0.378 e. The number of ether oxygens (including phenoxy) is 1. The summed E-state index contributed by atoms with van der Waals surface area (Å²) < 4.78 is 5.66. The molecule has 1 fully saturated rings. The highest BCUT2D eigenvalue weighted by atomic mass is 16.5. The molecule has 1 aliphatic rings. The third kappa shape index (κ3) is 3.25. The van der Waals surface area contributed by atoms with Gasteiger partial charge in [0.1, 0.15) is 0 Å². The summed E-state index contributed by atoms with van der Waals surface area (Å²) in [6.45, 7) is 3.32. The molecule has 0 aromatic heterocycles. The van der Waals surface area contributed by atoms with Crippen molar-refractivity contribution in [3.8, 4) is 0 Å². The van der Waals surface area contributed by atoms with Crippen LogP contribution in [0.15, 0.2) is 0 Å². The van der Waals surface area contributed by atoms with Gasteiger partial charge >= 0.3 is 0 Å². The minimum absolute atomic E-state index is 0.148. The second kappa shape index (κ2) is 4.94. The second-order valence-corrected chi connectivity index (χ2v) is 4.19. The average molecular weight is 186 g/mol. The first-order valence-corrected chi connectivity index (χ1v) is 5.09. The molecular formula is C10H22N2O. The Bertz CT molecular complexity index is 142. The minimum atomic E-state index is 0.148. The van der Waals surface area contributed by atoms with Crippen molar-refractivity contribution in [1.29, 1.82) is 0 Å². The summed E-state index contributed by atoms with van der Waals surface area (Å²) in [6.07, 6.45) is 3.45. The molecule has 1 rings (SSSR count). The number of methoxy groups -OCH3 is 1. The lowest BCUT2D eigenvalue weighted by Crippen LogP contribution is -2.44. The van der Waals surface area contributed by atoms with E-state index in [1.165, 1.54) is 0 Å². The van der Waals surface area contributed by atoms with Crippen molar-refractivity contribution in [2.45, 2.75) is 24.9 Å². The zero-order chi connectivity index (χ0) is 9.73. The fourth-order valence-electron chi connectivity index (χ4n) is 1.87. The van der Waals surface area contributed by atoms with E-state index in [0.717, 1.165) is 38.9 Å². The van der Waals surface area contributed by atoms with Gasteiger partial charge < -0.3 is 15.0 Å². The molecule has 0 aromatic carbocycles. The molecule has 3 heteroatoms. The van der Waals surface area contributed by atoms with E-state index >= 15 is 0 Å². The van der Waals surface area contributed by atoms with Crippen LogP contribution in [0.2, 0.25) is 0 Å². The van der Waals surface area contributed by atoms with E-state index in [-0.39, 0.29) is 5.60 Å². The van der Waals surface area contributed by atoms with E-state index in [2.05, 4.69) is 24.3 Å². The molecule has 78 valence electrons. The Morgan fingerprint density at radius 3 is 2.38 bits per heavy atom. The quantitative estimate of drug-likeness (QED) is 0.699. The lowest BCUT2D eigenvalue weighted by molar-refractivity contribution is -0.0438. The maximum atomic E-state index is 5.66. The minimum Gasteiger partial charge on any atom is -0.378 e. The molecule has 3 nitrogen and oxygen atoms in total. The summed E-state index contributed by atoms with van der Waals surface area (Å²) >= 11 is 0. The normalized spacial score (nSPS) is 22.2. The van der Waals surface area contributed by atoms with Crippen LogP contribution < -0.4 is 5.32 Å². The molecule has 0 spiro atoms. The van der Waals surface area contributed by atoms with Crippen molar-refractivity contribution >= 4 is 0 Å². The molecule has 0 atom stereocenters. The van der Waals surface area contributed by atoms with Gasteiger partial charge in [-0.05, 0) is 46.4 Å². The van der Waals surface area contributed by atoms with Gasteiger partial charge in [-0.15, -0.1) is 0 Å². The van der Waals surface area contributed by atoms with Crippen LogP contribution in [-0.4, -0.2) is 51.3 Å². The first-order valence-electron chi connectivity index (χ1n) is 5.09. The number of hydrogen-bond donors (Lipinski definition) is 1. The molecule has 1 heterocycles. The first-order chi connectivity index (χ1) is 6.18. The predicted molar refractivity (Wildman–Crippen MR) is 55.0 cm³/mol. The van der Waals surface area contributed by atoms with Crippen molar-refractivity contribution < 1.29 is 4.74 Å². The number of nitrogens with one attached hydrogen (secondary N) is 1. The van der Waals surface area contributed by atoms with Crippen molar-refractivity contribution in [1.82, 2.24) is 10.2 Å². The second-order valence-electron chi connectivity index (χ2n) is 4.19. The van der Waals surface area contributed by atoms with Crippen LogP contribution in [0.1, 0.15) is 19.3 Å². The molecule has 1 aliphatic heterocycles. The van der Waals surface area contributed by atoms with E-state index in [1.54, 1.807) is 0 Å². The molecule has 1 N–H and O–H groups in total. The Balaban J connectivity index is 2.38. The summed E-state index contributed by atoms with van der Waals surface area (Å²) in [7, 11) is 6.08. The third-order valence-electron chi connectivity index (χ3n) is 2.96. The molecule has 0 aliphatic carbocycles. The summed E-state index contributed by atoms with van der Waals surface area (Å²) in [6, 6.07) is 0. The lowest BCUT2D eigenvalue weighted by Gasteiger charge is -2.37. The first kappa shape index (κ1) is 11.0. The van der Waals surface area contributed by atoms with Crippen LogP contribution >= 0.6 is 0 Å². The fraction of sp³-hybridized carbons (Fsp3) is 1.00. The smallest absolute Gasteiger partial charge is 0.0715 e. The zero-order valence-corrected chi connectivity index (χ0v) is 9.10. The molecule has 0 aromatic rings. The molecule has 0 unspecified atom stereocenters. The summed E-state index contributed by atoms with van der Waals surface area (Å²) in [5.74, 6) is 0. The third-order valence-corrected chi connectivity index (χ3v) is 2.96. The van der Waals surface area contributed by atoms with Crippen LogP contribution in [0, 0.1) is 0 Å². The van der Waals surface area contributed by atoms with Gasteiger partial charge in [0.2, 0.25) is 0 Å². The molecule has 13 heavy (non-hydrogen) atoms. The van der Waals surface area contributed by atoms with Crippen LogP contribution in [-0.2, 0) is 4.74 Å². The van der Waals surface area contributed by atoms with Gasteiger partial charge in [-0.1, -0.05) is 0 Å². The van der Waals surface area contributed by atoms with Gasteiger partial charge in [0.25, 0.3) is 0 Å². The number of piperidine rings is 1. The van der Waals surface area contributed by atoms with E-state index in [4.69, 9.17) is 4.74 Å². The van der Waals surface area contributed by atoms with Crippen LogP contribution in [0.25, 0.3) is 0 Å². The molecule has 1 saturated heterocycles. The average Bonchev–Trinajstić information content (AvgIpc) is 2.16. The lowest BCUT2D eigenvalue weighted by atomic mass is 9.88. The monoisotopic (exact) mass is 186 g/mol. The van der Waals surface area contributed by atoms with Crippen molar-refractivity contribution in [2.24, 2.45) is 0 Å². The highest BCUT2D eigenvalue weighted by molar-refractivity contribution is 4.86. The SMILES string of the molecule is COC1(CCN(C)C)CCNCC1. The van der Waals surface area contributed by atoms with Crippen LogP contribution in [0.3, 0.4) is 0 Å². The maximum absolute atomic E-state index is 5.66. The fourth-order valence-corrected chi connectivity index (χ4v) is 1.87. The molecule has 0 amide bonds. The van der Waals surface area contributed by atoms with Gasteiger partial charge in [0.15, 0.2) is 0 Å². The summed E-state index contributed by atoms with van der Waals surface area (Å²) in [5, 5.41) is 3.37. The Morgan fingerprint density at radius 1 is 1.31 bits per heavy atom. The van der Waals surface area contributed by atoms with Crippen LogP contribution in [0.5, 0.6) is 0 Å². The van der Waals surface area contributed by atoms with Crippen molar-refractivity contribution in [2.75, 3.05) is 40.8 Å². The van der Waals surface area contributed by atoms with Crippen molar-refractivity contribution in [3.05, 3.63) is 0 Å². The number of nitrogens with zero attached hydrogens (tertiary/aromatic N) is 1. The molecule has 0 bridgehead atoms. The van der Waals surface area contributed by atoms with Gasteiger partial charge in [0.05, 0.1) is 5.60 Å². The molecule has 0 saturated carbocycles. The maximum Gasteiger partial charge on any atom is 0.0715 e. The Hall–Kier alpha value is -0.120. The number of rotatable bonds is 4. The van der Waals surface area contributed by atoms with Gasteiger partial charge in [-0.3, -0.25) is 0 Å². The van der Waals surface area contributed by atoms with E-state index in [1.807, 2.05) is 7.11 Å². The molecule has 0 radical (unpaired) electrons. The summed E-state index contributed by atoms with van der Waals surface area (Å²) in [5.41, 5.74) is 0.148. The van der Waals surface area contributed by atoms with Crippen molar-refractivity contribution in [3.63, 3.8) is 0 Å².